The largest absolute Gasteiger partial charge is 0.370 e. The Morgan fingerprint density at radius 2 is 2.10 bits per heavy atom. The monoisotopic (exact) mass is 288 g/mol. The van der Waals surface area contributed by atoms with Crippen molar-refractivity contribution in [3.63, 3.8) is 0 Å². The lowest BCUT2D eigenvalue weighted by molar-refractivity contribution is 0.232. The highest BCUT2D eigenvalue weighted by Crippen LogP contribution is 2.24. The van der Waals surface area contributed by atoms with Crippen LogP contribution in [0.15, 0.2) is 6.20 Å². The van der Waals surface area contributed by atoms with Crippen molar-refractivity contribution in [3.8, 4) is 0 Å². The number of nitrogens with zero attached hydrogens (tertiary/aromatic N) is 5. The van der Waals surface area contributed by atoms with Crippen molar-refractivity contribution in [1.29, 1.82) is 0 Å². The van der Waals surface area contributed by atoms with E-state index in [9.17, 15) is 0 Å². The Labute approximate surface area is 125 Å². The van der Waals surface area contributed by atoms with Crippen molar-refractivity contribution in [2.45, 2.75) is 45.2 Å². The smallest absolute Gasteiger partial charge is 0.163 e. The van der Waals surface area contributed by atoms with E-state index in [2.05, 4.69) is 29.3 Å². The second-order valence-electron chi connectivity index (χ2n) is 5.88. The van der Waals surface area contributed by atoms with Gasteiger partial charge in [-0.25, -0.2) is 9.97 Å². The zero-order valence-corrected chi connectivity index (χ0v) is 13.1. The number of anilines is 1. The molecule has 114 valence electrons. The van der Waals surface area contributed by atoms with Crippen molar-refractivity contribution < 1.29 is 0 Å². The van der Waals surface area contributed by atoms with Crippen LogP contribution in [0, 0.1) is 0 Å². The number of hydrogen-bond acceptors (Lipinski definition) is 5. The Morgan fingerprint density at radius 3 is 2.81 bits per heavy atom. The van der Waals surface area contributed by atoms with Crippen LogP contribution in [0.4, 0.5) is 5.82 Å². The highest BCUT2D eigenvalue weighted by molar-refractivity contribution is 5.86. The van der Waals surface area contributed by atoms with E-state index in [4.69, 9.17) is 9.97 Å². The zero-order valence-electron chi connectivity index (χ0n) is 13.1. The van der Waals surface area contributed by atoms with Crippen LogP contribution in [0.5, 0.6) is 0 Å². The third kappa shape index (κ3) is 2.85. The molecule has 0 aromatic carbocycles. The summed E-state index contributed by atoms with van der Waals surface area (Å²) in [7, 11) is 4.11. The lowest BCUT2D eigenvalue weighted by Gasteiger charge is -2.23. The van der Waals surface area contributed by atoms with Crippen molar-refractivity contribution >= 4 is 16.9 Å². The SMILES string of the molecule is CCNc1nc(CN(C)C2CCCC2)nc2c1cnn2C. The summed E-state index contributed by atoms with van der Waals surface area (Å²) in [6.45, 7) is 3.72. The van der Waals surface area contributed by atoms with Crippen molar-refractivity contribution in [1.82, 2.24) is 24.6 Å². The molecule has 0 unspecified atom stereocenters. The quantitative estimate of drug-likeness (QED) is 0.913. The van der Waals surface area contributed by atoms with Gasteiger partial charge < -0.3 is 5.32 Å². The fourth-order valence-corrected chi connectivity index (χ4v) is 3.14. The Morgan fingerprint density at radius 1 is 1.33 bits per heavy atom. The van der Waals surface area contributed by atoms with Crippen LogP contribution in [-0.4, -0.2) is 44.3 Å². The fraction of sp³-hybridized carbons (Fsp3) is 0.667. The highest BCUT2D eigenvalue weighted by atomic mass is 15.3. The second-order valence-corrected chi connectivity index (χ2v) is 5.88. The van der Waals surface area contributed by atoms with Crippen molar-refractivity contribution in [2.24, 2.45) is 7.05 Å². The predicted octanol–water partition coefficient (Wildman–Crippen LogP) is 2.17. The number of aryl methyl sites for hydroxylation is 1. The lowest BCUT2D eigenvalue weighted by atomic mass is 10.2. The Bertz CT molecular complexity index is 614. The van der Waals surface area contributed by atoms with Gasteiger partial charge in [0.05, 0.1) is 18.1 Å². The van der Waals surface area contributed by atoms with Gasteiger partial charge in [0.2, 0.25) is 0 Å². The first-order chi connectivity index (χ1) is 10.2. The Hall–Kier alpha value is -1.69. The van der Waals surface area contributed by atoms with Gasteiger partial charge in [-0.1, -0.05) is 12.8 Å². The molecule has 3 rings (SSSR count). The summed E-state index contributed by atoms with van der Waals surface area (Å²) in [6, 6.07) is 0.679. The van der Waals surface area contributed by atoms with Gasteiger partial charge in [0.15, 0.2) is 5.65 Å². The van der Waals surface area contributed by atoms with E-state index in [1.165, 1.54) is 25.7 Å². The average Bonchev–Trinajstić information content (AvgIpc) is 3.10. The molecule has 0 spiro atoms. The molecule has 1 N–H and O–H groups in total. The molecule has 1 fully saturated rings. The topological polar surface area (TPSA) is 58.9 Å². The molecule has 2 aromatic heterocycles. The maximum atomic E-state index is 4.70. The van der Waals surface area contributed by atoms with E-state index in [0.717, 1.165) is 35.8 Å². The molecule has 1 saturated carbocycles. The molecule has 0 aliphatic heterocycles. The molecule has 0 bridgehead atoms. The zero-order chi connectivity index (χ0) is 14.8. The third-order valence-corrected chi connectivity index (χ3v) is 4.32. The number of rotatable bonds is 5. The minimum Gasteiger partial charge on any atom is -0.370 e. The normalized spacial score (nSPS) is 16.2. The molecule has 6 heteroatoms. The first-order valence-electron chi connectivity index (χ1n) is 7.81. The maximum Gasteiger partial charge on any atom is 0.163 e. The summed E-state index contributed by atoms with van der Waals surface area (Å²) in [5, 5.41) is 8.61. The molecule has 2 heterocycles. The van der Waals surface area contributed by atoms with Gasteiger partial charge in [-0.2, -0.15) is 5.10 Å². The number of aromatic nitrogens is 4. The van der Waals surface area contributed by atoms with Crippen LogP contribution in [0.25, 0.3) is 11.0 Å². The summed E-state index contributed by atoms with van der Waals surface area (Å²) in [4.78, 5) is 11.8. The highest BCUT2D eigenvalue weighted by Gasteiger charge is 2.21. The first-order valence-corrected chi connectivity index (χ1v) is 7.81. The molecule has 0 atom stereocenters. The third-order valence-electron chi connectivity index (χ3n) is 4.32. The fourth-order valence-electron chi connectivity index (χ4n) is 3.14. The summed E-state index contributed by atoms with van der Waals surface area (Å²) in [6.07, 6.45) is 7.12. The van der Waals surface area contributed by atoms with Crippen LogP contribution >= 0.6 is 0 Å². The van der Waals surface area contributed by atoms with Gasteiger partial charge in [0, 0.05) is 19.6 Å². The van der Waals surface area contributed by atoms with Crippen LogP contribution < -0.4 is 5.32 Å². The molecule has 0 amide bonds. The molecule has 0 saturated heterocycles. The first kappa shape index (κ1) is 14.3. The van der Waals surface area contributed by atoms with Crippen LogP contribution in [-0.2, 0) is 13.6 Å². The summed E-state index contributed by atoms with van der Waals surface area (Å²) >= 11 is 0. The van der Waals surface area contributed by atoms with E-state index in [-0.39, 0.29) is 0 Å². The van der Waals surface area contributed by atoms with E-state index in [1.807, 2.05) is 17.9 Å². The van der Waals surface area contributed by atoms with Crippen molar-refractivity contribution in [3.05, 3.63) is 12.0 Å². The molecule has 21 heavy (non-hydrogen) atoms. The van der Waals surface area contributed by atoms with E-state index in [1.54, 1.807) is 0 Å². The summed E-state index contributed by atoms with van der Waals surface area (Å²) < 4.78 is 1.82. The van der Waals surface area contributed by atoms with Gasteiger partial charge in [-0.3, -0.25) is 9.58 Å². The van der Waals surface area contributed by atoms with Crippen LogP contribution in [0.1, 0.15) is 38.4 Å². The molecular weight excluding hydrogens is 264 g/mol. The second kappa shape index (κ2) is 5.97. The van der Waals surface area contributed by atoms with Gasteiger partial charge in [-0.15, -0.1) is 0 Å². The van der Waals surface area contributed by atoms with Gasteiger partial charge in [0.1, 0.15) is 11.6 Å². The van der Waals surface area contributed by atoms with Gasteiger partial charge >= 0.3 is 0 Å². The van der Waals surface area contributed by atoms with Crippen molar-refractivity contribution in [2.75, 3.05) is 18.9 Å². The maximum absolute atomic E-state index is 4.70. The number of fused-ring (bicyclic) bond motifs is 1. The predicted molar refractivity (Wildman–Crippen MR) is 84.2 cm³/mol. The van der Waals surface area contributed by atoms with Crippen LogP contribution in [0.3, 0.4) is 0 Å². The average molecular weight is 288 g/mol. The van der Waals surface area contributed by atoms with Gasteiger partial charge in [0.25, 0.3) is 0 Å². The molecule has 1 aliphatic carbocycles. The molecule has 6 nitrogen and oxygen atoms in total. The summed E-state index contributed by atoms with van der Waals surface area (Å²) in [5.41, 5.74) is 0.899. The molecular formula is C15H24N6. The number of nitrogens with one attached hydrogen (secondary N) is 1. The minimum absolute atomic E-state index is 0.679. The molecule has 2 aromatic rings. The molecule has 0 radical (unpaired) electrons. The standard InChI is InChI=1S/C15H24N6/c1-4-16-14-12-9-17-21(3)15(12)19-13(18-14)10-20(2)11-7-5-6-8-11/h9,11H,4-8,10H2,1-3H3,(H,16,18,19). The summed E-state index contributed by atoms with van der Waals surface area (Å²) in [5.74, 6) is 1.77. The van der Waals surface area contributed by atoms with E-state index in [0.29, 0.717) is 6.04 Å². The molecule has 1 aliphatic rings. The Kier molecular flexibility index (Phi) is 4.05. The van der Waals surface area contributed by atoms with E-state index >= 15 is 0 Å². The van der Waals surface area contributed by atoms with E-state index < -0.39 is 0 Å². The Balaban J connectivity index is 1.88. The minimum atomic E-state index is 0.679. The number of hydrogen-bond donors (Lipinski definition) is 1. The van der Waals surface area contributed by atoms with Crippen LogP contribution in [0.2, 0.25) is 0 Å². The van der Waals surface area contributed by atoms with Gasteiger partial charge in [-0.05, 0) is 26.8 Å². The lowest BCUT2D eigenvalue weighted by Crippen LogP contribution is -2.29.